The Morgan fingerprint density at radius 2 is 2.27 bits per heavy atom. The van der Waals surface area contributed by atoms with Crippen LogP contribution >= 0.6 is 11.6 Å². The van der Waals surface area contributed by atoms with Gasteiger partial charge in [0.1, 0.15) is 11.5 Å². The number of nitrogen functional groups attached to an aromatic ring is 1. The third kappa shape index (κ3) is 2.66. The summed E-state index contributed by atoms with van der Waals surface area (Å²) in [7, 11) is 0. The third-order valence-electron chi connectivity index (χ3n) is 1.74. The van der Waals surface area contributed by atoms with Gasteiger partial charge in [-0.2, -0.15) is 0 Å². The van der Waals surface area contributed by atoms with Gasteiger partial charge in [-0.25, -0.2) is 4.39 Å². The lowest BCUT2D eigenvalue weighted by molar-refractivity contribution is -0.384. The Bertz CT molecular complexity index is 421. The summed E-state index contributed by atoms with van der Waals surface area (Å²) < 4.78 is 13.0. The quantitative estimate of drug-likeness (QED) is 0.376. The van der Waals surface area contributed by atoms with Gasteiger partial charge in [0.2, 0.25) is 0 Å². The predicted molar refractivity (Wildman–Crippen MR) is 57.2 cm³/mol. The fraction of sp³-hybridized carbons (Fsp3) is 0.111. The molecule has 1 aromatic carbocycles. The summed E-state index contributed by atoms with van der Waals surface area (Å²) in [6.45, 7) is 0. The first kappa shape index (κ1) is 11.5. The monoisotopic (exact) mass is 230 g/mol. The minimum absolute atomic E-state index is 0.0669. The molecule has 0 fully saturated rings. The Hall–Kier alpha value is -1.62. The second kappa shape index (κ2) is 4.75. The number of hydrogen-bond acceptors (Lipinski definition) is 3. The molecule has 6 heteroatoms. The van der Waals surface area contributed by atoms with Crippen molar-refractivity contribution in [1.82, 2.24) is 0 Å². The van der Waals surface area contributed by atoms with E-state index in [-0.39, 0.29) is 17.1 Å². The average Bonchev–Trinajstić information content (AvgIpc) is 2.18. The van der Waals surface area contributed by atoms with E-state index in [4.69, 9.17) is 17.3 Å². The first-order valence-electron chi connectivity index (χ1n) is 4.02. The molecule has 0 spiro atoms. The highest BCUT2D eigenvalue weighted by Gasteiger charge is 2.15. The first-order valence-corrected chi connectivity index (χ1v) is 4.55. The van der Waals surface area contributed by atoms with E-state index in [1.54, 1.807) is 0 Å². The summed E-state index contributed by atoms with van der Waals surface area (Å²) in [6, 6.07) is 1.90. The molecule has 0 saturated carbocycles. The van der Waals surface area contributed by atoms with Gasteiger partial charge < -0.3 is 5.73 Å². The van der Waals surface area contributed by atoms with Crippen LogP contribution in [0.5, 0.6) is 0 Å². The summed E-state index contributed by atoms with van der Waals surface area (Å²) in [5.41, 5.74) is 5.24. The van der Waals surface area contributed by atoms with Crippen LogP contribution in [-0.2, 0) is 0 Å². The van der Waals surface area contributed by atoms with Crippen LogP contribution in [0.25, 0.3) is 6.08 Å². The van der Waals surface area contributed by atoms with E-state index in [1.807, 2.05) is 0 Å². The Kier molecular flexibility index (Phi) is 3.62. The molecule has 0 aliphatic heterocycles. The standard InChI is InChI=1S/C9H8ClFN2O2/c10-3-1-2-6-4-7(11)5-8(9(6)12)13(14)15/h1-2,4-5H,3,12H2. The summed E-state index contributed by atoms with van der Waals surface area (Å²) in [5, 5.41) is 10.5. The van der Waals surface area contributed by atoms with E-state index < -0.39 is 16.4 Å². The lowest BCUT2D eigenvalue weighted by Gasteiger charge is -2.01. The zero-order chi connectivity index (χ0) is 11.4. The van der Waals surface area contributed by atoms with Crippen molar-refractivity contribution in [1.29, 1.82) is 0 Å². The molecule has 0 atom stereocenters. The van der Waals surface area contributed by atoms with E-state index in [0.29, 0.717) is 0 Å². The van der Waals surface area contributed by atoms with Gasteiger partial charge >= 0.3 is 0 Å². The molecule has 0 radical (unpaired) electrons. The number of rotatable bonds is 3. The zero-order valence-electron chi connectivity index (χ0n) is 7.61. The van der Waals surface area contributed by atoms with E-state index >= 15 is 0 Å². The van der Waals surface area contributed by atoms with Crippen LogP contribution in [0.15, 0.2) is 18.2 Å². The topological polar surface area (TPSA) is 69.2 Å². The number of nitro groups is 1. The van der Waals surface area contributed by atoms with E-state index in [0.717, 1.165) is 12.1 Å². The molecule has 0 aliphatic rings. The highest BCUT2D eigenvalue weighted by atomic mass is 35.5. The molecule has 0 amide bonds. The van der Waals surface area contributed by atoms with Crippen molar-refractivity contribution in [2.75, 3.05) is 11.6 Å². The van der Waals surface area contributed by atoms with Gasteiger partial charge in [0.15, 0.2) is 0 Å². The lowest BCUT2D eigenvalue weighted by atomic mass is 10.1. The van der Waals surface area contributed by atoms with Gasteiger partial charge in [-0.15, -0.1) is 11.6 Å². The maximum atomic E-state index is 13.0. The Balaban J connectivity index is 3.28. The van der Waals surface area contributed by atoms with Crippen LogP contribution in [0.2, 0.25) is 0 Å². The number of hydrogen-bond donors (Lipinski definition) is 1. The molecule has 4 nitrogen and oxygen atoms in total. The maximum Gasteiger partial charge on any atom is 0.295 e. The molecule has 0 aliphatic carbocycles. The third-order valence-corrected chi connectivity index (χ3v) is 1.92. The molecular formula is C9H8ClFN2O2. The van der Waals surface area contributed by atoms with Crippen LogP contribution in [0.4, 0.5) is 15.8 Å². The highest BCUT2D eigenvalue weighted by molar-refractivity contribution is 6.19. The number of nitro benzene ring substituents is 1. The van der Waals surface area contributed by atoms with Gasteiger partial charge in [0.25, 0.3) is 5.69 Å². The molecule has 0 saturated heterocycles. The normalized spacial score (nSPS) is 10.8. The molecule has 80 valence electrons. The van der Waals surface area contributed by atoms with Crippen LogP contribution in [0.1, 0.15) is 5.56 Å². The van der Waals surface area contributed by atoms with Crippen molar-refractivity contribution in [2.24, 2.45) is 0 Å². The van der Waals surface area contributed by atoms with Crippen molar-refractivity contribution in [2.45, 2.75) is 0 Å². The zero-order valence-corrected chi connectivity index (χ0v) is 8.37. The SMILES string of the molecule is Nc1c(C=CCCl)cc(F)cc1[N+](=O)[O-]. The molecule has 0 aromatic heterocycles. The number of allylic oxidation sites excluding steroid dienone is 1. The average molecular weight is 231 g/mol. The van der Waals surface area contributed by atoms with E-state index in [1.165, 1.54) is 12.2 Å². The van der Waals surface area contributed by atoms with Gasteiger partial charge in [-0.05, 0) is 6.07 Å². The van der Waals surface area contributed by atoms with Gasteiger partial charge in [0, 0.05) is 11.4 Å². The Morgan fingerprint density at radius 3 is 2.80 bits per heavy atom. The largest absolute Gasteiger partial charge is 0.393 e. The molecule has 0 bridgehead atoms. The fourth-order valence-electron chi connectivity index (χ4n) is 1.08. The molecular weight excluding hydrogens is 223 g/mol. The second-order valence-corrected chi connectivity index (χ2v) is 3.05. The summed E-state index contributed by atoms with van der Waals surface area (Å²) in [4.78, 5) is 9.78. The van der Waals surface area contributed by atoms with Crippen LogP contribution in [0, 0.1) is 15.9 Å². The Morgan fingerprint density at radius 1 is 1.60 bits per heavy atom. The smallest absolute Gasteiger partial charge is 0.295 e. The minimum Gasteiger partial charge on any atom is -0.393 e. The van der Waals surface area contributed by atoms with E-state index in [2.05, 4.69) is 0 Å². The summed E-state index contributed by atoms with van der Waals surface area (Å²) >= 11 is 5.39. The predicted octanol–water partition coefficient (Wildman–Crippen LogP) is 2.57. The molecule has 2 N–H and O–H groups in total. The molecule has 15 heavy (non-hydrogen) atoms. The van der Waals surface area contributed by atoms with Crippen molar-refractivity contribution in [3.63, 3.8) is 0 Å². The fourth-order valence-corrected chi connectivity index (χ4v) is 1.17. The summed E-state index contributed by atoms with van der Waals surface area (Å²) in [5.74, 6) is -0.478. The number of alkyl halides is 1. The number of nitrogens with two attached hydrogens (primary N) is 1. The van der Waals surface area contributed by atoms with Crippen LogP contribution in [-0.4, -0.2) is 10.8 Å². The van der Waals surface area contributed by atoms with Gasteiger partial charge in [-0.3, -0.25) is 10.1 Å². The number of halogens is 2. The second-order valence-electron chi connectivity index (χ2n) is 2.74. The maximum absolute atomic E-state index is 13.0. The molecule has 0 unspecified atom stereocenters. The van der Waals surface area contributed by atoms with Crippen LogP contribution in [0.3, 0.4) is 0 Å². The lowest BCUT2D eigenvalue weighted by Crippen LogP contribution is -1.99. The molecule has 1 rings (SSSR count). The van der Waals surface area contributed by atoms with Crippen molar-refractivity contribution >= 4 is 29.1 Å². The van der Waals surface area contributed by atoms with Crippen molar-refractivity contribution in [3.05, 3.63) is 39.7 Å². The number of nitrogens with zero attached hydrogens (tertiary/aromatic N) is 1. The van der Waals surface area contributed by atoms with Crippen LogP contribution < -0.4 is 5.73 Å². The minimum atomic E-state index is -0.726. The van der Waals surface area contributed by atoms with Gasteiger partial charge in [0.05, 0.1) is 11.0 Å². The van der Waals surface area contributed by atoms with Crippen molar-refractivity contribution < 1.29 is 9.31 Å². The van der Waals surface area contributed by atoms with Crippen molar-refractivity contribution in [3.8, 4) is 0 Å². The van der Waals surface area contributed by atoms with E-state index in [9.17, 15) is 14.5 Å². The van der Waals surface area contributed by atoms with Gasteiger partial charge in [-0.1, -0.05) is 12.2 Å². The molecule has 0 heterocycles. The first-order chi connectivity index (χ1) is 7.06. The number of anilines is 1. The molecule has 1 aromatic rings. The Labute approximate surface area is 90.3 Å². The summed E-state index contributed by atoms with van der Waals surface area (Å²) in [6.07, 6.45) is 2.97. The number of benzene rings is 1. The highest BCUT2D eigenvalue weighted by Crippen LogP contribution is 2.27.